The molecule has 0 spiro atoms. The largest absolute Gasteiger partial charge is 0.330 e. The third-order valence-corrected chi connectivity index (χ3v) is 5.96. The number of fused-ring (bicyclic) bond motifs is 1. The lowest BCUT2D eigenvalue weighted by atomic mass is 10.2. The first kappa shape index (κ1) is 23.9. The van der Waals surface area contributed by atoms with E-state index in [2.05, 4.69) is 48.0 Å². The van der Waals surface area contributed by atoms with Crippen LogP contribution in [0.1, 0.15) is 71.3 Å². The standard InChI is InChI=1S/C22H32N6O3S/c1-6-7-10-27-19-18(20(30)26-22(27)31)28(11-13(2)3)16(24-19)8-9-17(29)25-21-23-15(12-32-21)14(4)5/h12-14H,6-11H2,1-5H3,(H,23,25,29)(H,26,30,31). The number of anilines is 1. The molecule has 3 aromatic rings. The maximum absolute atomic E-state index is 12.7. The van der Waals surface area contributed by atoms with Crippen LogP contribution in [0, 0.1) is 5.92 Å². The van der Waals surface area contributed by atoms with E-state index in [0.29, 0.717) is 47.5 Å². The molecule has 0 aliphatic carbocycles. The summed E-state index contributed by atoms with van der Waals surface area (Å²) >= 11 is 1.41. The Balaban J connectivity index is 1.88. The number of aromatic nitrogens is 5. The summed E-state index contributed by atoms with van der Waals surface area (Å²) in [7, 11) is 0. The van der Waals surface area contributed by atoms with Crippen molar-refractivity contribution >= 4 is 33.5 Å². The van der Waals surface area contributed by atoms with E-state index >= 15 is 0 Å². The monoisotopic (exact) mass is 460 g/mol. The van der Waals surface area contributed by atoms with Crippen molar-refractivity contribution in [3.8, 4) is 0 Å². The Morgan fingerprint density at radius 1 is 1.19 bits per heavy atom. The zero-order chi connectivity index (χ0) is 23.4. The van der Waals surface area contributed by atoms with Crippen LogP contribution in [-0.2, 0) is 24.3 Å². The molecule has 0 unspecified atom stereocenters. The van der Waals surface area contributed by atoms with E-state index in [-0.39, 0.29) is 18.2 Å². The summed E-state index contributed by atoms with van der Waals surface area (Å²) in [6, 6.07) is 0. The topological polar surface area (TPSA) is 115 Å². The van der Waals surface area contributed by atoms with Crippen molar-refractivity contribution in [3.63, 3.8) is 0 Å². The van der Waals surface area contributed by atoms with Gasteiger partial charge in [0.25, 0.3) is 5.56 Å². The van der Waals surface area contributed by atoms with Crippen molar-refractivity contribution in [2.45, 2.75) is 79.3 Å². The molecule has 0 aliphatic heterocycles. The maximum atomic E-state index is 12.7. The predicted molar refractivity (Wildman–Crippen MR) is 128 cm³/mol. The highest BCUT2D eigenvalue weighted by atomic mass is 32.1. The number of carbonyl (C=O) groups is 1. The van der Waals surface area contributed by atoms with Gasteiger partial charge in [0.05, 0.1) is 5.69 Å². The van der Waals surface area contributed by atoms with Gasteiger partial charge in [0, 0.05) is 31.3 Å². The van der Waals surface area contributed by atoms with Crippen LogP contribution < -0.4 is 16.6 Å². The van der Waals surface area contributed by atoms with E-state index in [4.69, 9.17) is 0 Å². The summed E-state index contributed by atoms with van der Waals surface area (Å²) < 4.78 is 3.39. The number of rotatable bonds is 10. The van der Waals surface area contributed by atoms with E-state index < -0.39 is 11.2 Å². The highest BCUT2D eigenvalue weighted by Gasteiger charge is 2.20. The minimum Gasteiger partial charge on any atom is -0.322 e. The van der Waals surface area contributed by atoms with E-state index in [1.807, 2.05) is 16.9 Å². The van der Waals surface area contributed by atoms with Gasteiger partial charge in [-0.2, -0.15) is 0 Å². The number of unbranched alkanes of at least 4 members (excludes halogenated alkanes) is 1. The van der Waals surface area contributed by atoms with Gasteiger partial charge in [-0.25, -0.2) is 14.8 Å². The molecule has 9 nitrogen and oxygen atoms in total. The van der Waals surface area contributed by atoms with E-state index in [9.17, 15) is 14.4 Å². The van der Waals surface area contributed by atoms with Crippen LogP contribution in [0.2, 0.25) is 0 Å². The highest BCUT2D eigenvalue weighted by molar-refractivity contribution is 7.13. The molecule has 0 aromatic carbocycles. The van der Waals surface area contributed by atoms with Gasteiger partial charge in [-0.05, 0) is 18.3 Å². The van der Waals surface area contributed by atoms with Gasteiger partial charge in [-0.15, -0.1) is 11.3 Å². The van der Waals surface area contributed by atoms with Crippen LogP contribution in [0.5, 0.6) is 0 Å². The van der Waals surface area contributed by atoms with E-state index in [1.54, 1.807) is 0 Å². The molecule has 3 heterocycles. The lowest BCUT2D eigenvalue weighted by molar-refractivity contribution is -0.116. The average Bonchev–Trinajstić information content (AvgIpc) is 3.31. The number of hydrogen-bond acceptors (Lipinski definition) is 6. The molecule has 0 aliphatic rings. The first-order valence-corrected chi connectivity index (χ1v) is 12.1. The summed E-state index contributed by atoms with van der Waals surface area (Å²) in [4.78, 5) is 49.1. The Bertz CT molecular complexity index is 1200. The van der Waals surface area contributed by atoms with Crippen LogP contribution in [0.3, 0.4) is 0 Å². The van der Waals surface area contributed by atoms with E-state index in [1.165, 1.54) is 15.9 Å². The predicted octanol–water partition coefficient (Wildman–Crippen LogP) is 3.49. The van der Waals surface area contributed by atoms with Crippen molar-refractivity contribution in [2.75, 3.05) is 5.32 Å². The fourth-order valence-corrected chi connectivity index (χ4v) is 4.40. The Morgan fingerprint density at radius 2 is 1.94 bits per heavy atom. The molecule has 3 aromatic heterocycles. The van der Waals surface area contributed by atoms with Crippen LogP contribution in [0.25, 0.3) is 11.2 Å². The summed E-state index contributed by atoms with van der Waals surface area (Å²) in [5.74, 6) is 1.04. The fraction of sp³-hybridized carbons (Fsp3) is 0.591. The molecule has 1 amide bonds. The second kappa shape index (κ2) is 10.2. The van der Waals surface area contributed by atoms with Crippen molar-refractivity contribution in [3.05, 3.63) is 37.7 Å². The molecule has 0 atom stereocenters. The number of hydrogen-bond donors (Lipinski definition) is 2. The molecule has 3 rings (SSSR count). The van der Waals surface area contributed by atoms with Gasteiger partial charge in [0.1, 0.15) is 5.82 Å². The van der Waals surface area contributed by atoms with Gasteiger partial charge < -0.3 is 9.88 Å². The van der Waals surface area contributed by atoms with Gasteiger partial charge in [0.2, 0.25) is 5.91 Å². The molecule has 0 bridgehead atoms. The summed E-state index contributed by atoms with van der Waals surface area (Å²) in [6.07, 6.45) is 2.29. The molecule has 2 N–H and O–H groups in total. The van der Waals surface area contributed by atoms with Crippen molar-refractivity contribution in [1.82, 2.24) is 24.1 Å². The number of amides is 1. The van der Waals surface area contributed by atoms with Crippen molar-refractivity contribution < 1.29 is 4.79 Å². The molecular formula is C22H32N6O3S. The third-order valence-electron chi connectivity index (χ3n) is 5.18. The molecule has 0 saturated carbocycles. The number of imidazole rings is 1. The molecule has 32 heavy (non-hydrogen) atoms. The lowest BCUT2D eigenvalue weighted by Gasteiger charge is -2.11. The van der Waals surface area contributed by atoms with Crippen LogP contribution in [0.15, 0.2) is 15.0 Å². The minimum atomic E-state index is -0.445. The summed E-state index contributed by atoms with van der Waals surface area (Å²) in [5, 5.41) is 5.38. The second-order valence-electron chi connectivity index (χ2n) is 8.75. The van der Waals surface area contributed by atoms with Gasteiger partial charge >= 0.3 is 5.69 Å². The van der Waals surface area contributed by atoms with Crippen LogP contribution in [0.4, 0.5) is 5.13 Å². The summed E-state index contributed by atoms with van der Waals surface area (Å²) in [6.45, 7) is 11.3. The Morgan fingerprint density at radius 3 is 2.56 bits per heavy atom. The first-order chi connectivity index (χ1) is 15.2. The third kappa shape index (κ3) is 5.35. The Labute approximate surface area is 190 Å². The number of nitrogens with one attached hydrogen (secondary N) is 2. The maximum Gasteiger partial charge on any atom is 0.330 e. The molecule has 0 fully saturated rings. The van der Waals surface area contributed by atoms with E-state index in [0.717, 1.165) is 18.5 Å². The number of thiazole rings is 1. The number of aryl methyl sites for hydroxylation is 2. The molecule has 0 radical (unpaired) electrons. The van der Waals surface area contributed by atoms with Crippen molar-refractivity contribution in [1.29, 1.82) is 0 Å². The number of carbonyl (C=O) groups excluding carboxylic acids is 1. The van der Waals surface area contributed by atoms with Gasteiger partial charge in [-0.1, -0.05) is 41.0 Å². The molecule has 174 valence electrons. The Hall–Kier alpha value is -2.75. The average molecular weight is 461 g/mol. The summed E-state index contributed by atoms with van der Waals surface area (Å²) in [5.41, 5.74) is 0.856. The highest BCUT2D eigenvalue weighted by Crippen LogP contribution is 2.22. The molecule has 10 heteroatoms. The normalized spacial score (nSPS) is 11.7. The molecule has 0 saturated heterocycles. The van der Waals surface area contributed by atoms with Gasteiger partial charge in [0.15, 0.2) is 16.3 Å². The first-order valence-electron chi connectivity index (χ1n) is 11.2. The fourth-order valence-electron chi connectivity index (χ4n) is 3.51. The number of nitrogens with zero attached hydrogens (tertiary/aromatic N) is 4. The van der Waals surface area contributed by atoms with Crippen LogP contribution in [-0.4, -0.2) is 30.0 Å². The Kier molecular flexibility index (Phi) is 7.65. The minimum absolute atomic E-state index is 0.157. The van der Waals surface area contributed by atoms with Gasteiger partial charge in [-0.3, -0.25) is 19.1 Å². The van der Waals surface area contributed by atoms with Crippen molar-refractivity contribution in [2.24, 2.45) is 5.92 Å². The quantitative estimate of drug-likeness (QED) is 0.481. The zero-order valence-corrected chi connectivity index (χ0v) is 20.2. The SMILES string of the molecule is CCCCn1c(=O)[nH]c(=O)c2c1nc(CCC(=O)Nc1nc(C(C)C)cs1)n2CC(C)C. The smallest absolute Gasteiger partial charge is 0.322 e. The number of H-pyrrole nitrogens is 1. The second-order valence-corrected chi connectivity index (χ2v) is 9.61. The zero-order valence-electron chi connectivity index (χ0n) is 19.4. The number of aromatic amines is 1. The molecular weight excluding hydrogens is 428 g/mol. The lowest BCUT2D eigenvalue weighted by Crippen LogP contribution is -2.31. The van der Waals surface area contributed by atoms with Crippen LogP contribution >= 0.6 is 11.3 Å².